The van der Waals surface area contributed by atoms with E-state index in [0.717, 1.165) is 35.0 Å². The van der Waals surface area contributed by atoms with E-state index in [4.69, 9.17) is 16.3 Å². The predicted molar refractivity (Wildman–Crippen MR) is 153 cm³/mol. The molecular formula is C31H31ClN4O4. The lowest BCUT2D eigenvalue weighted by molar-refractivity contribution is -0.155. The number of pyridine rings is 1. The lowest BCUT2D eigenvalue weighted by atomic mass is 9.50. The molecule has 2 heterocycles. The molecule has 40 heavy (non-hydrogen) atoms. The Hall–Kier alpha value is -3.91. The molecule has 4 aromatic rings. The normalized spacial score (nSPS) is 22.4. The fraction of sp³-hybridized carbons (Fsp3) is 0.355. The molecule has 2 aromatic heterocycles. The molecule has 9 heteroatoms. The second kappa shape index (κ2) is 10.2. The van der Waals surface area contributed by atoms with Crippen LogP contribution in [0.5, 0.6) is 5.88 Å². The van der Waals surface area contributed by atoms with Crippen LogP contribution in [0.4, 0.5) is 0 Å². The van der Waals surface area contributed by atoms with E-state index < -0.39 is 5.97 Å². The van der Waals surface area contributed by atoms with E-state index in [1.807, 2.05) is 61.0 Å². The van der Waals surface area contributed by atoms with Crippen molar-refractivity contribution in [2.45, 2.75) is 51.6 Å². The minimum Gasteiger partial charge on any atom is -0.481 e. The van der Waals surface area contributed by atoms with Crippen molar-refractivity contribution in [1.82, 2.24) is 20.1 Å². The molecule has 2 fully saturated rings. The number of carbonyl (C=O) groups excluding carboxylic acids is 1. The van der Waals surface area contributed by atoms with Gasteiger partial charge >= 0.3 is 5.97 Å². The zero-order valence-electron chi connectivity index (χ0n) is 22.4. The van der Waals surface area contributed by atoms with Crippen molar-refractivity contribution in [2.24, 2.45) is 11.3 Å². The van der Waals surface area contributed by atoms with Crippen molar-refractivity contribution in [3.8, 4) is 17.1 Å². The molecule has 2 aliphatic rings. The Balaban J connectivity index is 1.21. The van der Waals surface area contributed by atoms with Crippen molar-refractivity contribution in [1.29, 1.82) is 0 Å². The number of benzene rings is 2. The average molecular weight is 559 g/mol. The van der Waals surface area contributed by atoms with Crippen LogP contribution in [0.1, 0.15) is 61.5 Å². The summed E-state index contributed by atoms with van der Waals surface area (Å²) in [6.45, 7) is 4.54. The maximum absolute atomic E-state index is 13.4. The fourth-order valence-corrected chi connectivity index (χ4v) is 6.53. The Morgan fingerprint density at radius 2 is 1.88 bits per heavy atom. The quantitative estimate of drug-likeness (QED) is 0.269. The molecule has 2 saturated carbocycles. The summed E-state index contributed by atoms with van der Waals surface area (Å²) >= 11 is 6.52. The topological polar surface area (TPSA) is 106 Å². The smallest absolute Gasteiger partial charge is 0.306 e. The maximum atomic E-state index is 13.4. The van der Waals surface area contributed by atoms with Crippen LogP contribution in [0.2, 0.25) is 5.02 Å². The van der Waals surface area contributed by atoms with Gasteiger partial charge < -0.3 is 15.2 Å². The van der Waals surface area contributed by atoms with Gasteiger partial charge in [-0.2, -0.15) is 5.10 Å². The van der Waals surface area contributed by atoms with Crippen molar-refractivity contribution in [2.75, 3.05) is 6.61 Å². The summed E-state index contributed by atoms with van der Waals surface area (Å²) in [5.41, 5.74) is 4.13. The van der Waals surface area contributed by atoms with E-state index >= 15 is 0 Å². The Morgan fingerprint density at radius 3 is 2.58 bits per heavy atom. The molecule has 2 aliphatic carbocycles. The van der Waals surface area contributed by atoms with Crippen molar-refractivity contribution >= 4 is 34.4 Å². The van der Waals surface area contributed by atoms with Crippen LogP contribution in [0.25, 0.3) is 22.2 Å². The van der Waals surface area contributed by atoms with Crippen molar-refractivity contribution in [3.05, 3.63) is 76.9 Å². The average Bonchev–Trinajstić information content (AvgIpc) is 3.35. The van der Waals surface area contributed by atoms with E-state index in [1.165, 1.54) is 0 Å². The molecule has 206 valence electrons. The first-order valence-corrected chi connectivity index (χ1v) is 14.0. The van der Waals surface area contributed by atoms with Crippen LogP contribution in [0, 0.1) is 11.3 Å². The summed E-state index contributed by atoms with van der Waals surface area (Å²) in [5.74, 6) is -0.530. The number of nitrogens with zero attached hydrogens (tertiary/aromatic N) is 3. The molecule has 1 amide bonds. The number of hydrogen-bond donors (Lipinski definition) is 2. The monoisotopic (exact) mass is 558 g/mol. The summed E-state index contributed by atoms with van der Waals surface area (Å²) in [6.07, 6.45) is 4.77. The minimum absolute atomic E-state index is 0.0455. The Morgan fingerprint density at radius 1 is 1.12 bits per heavy atom. The second-order valence-electron chi connectivity index (χ2n) is 11.1. The molecule has 8 nitrogen and oxygen atoms in total. The number of carboxylic acid groups (broad SMARTS) is 1. The summed E-state index contributed by atoms with van der Waals surface area (Å²) in [4.78, 5) is 29.2. The number of carboxylic acids is 1. The molecule has 0 saturated heterocycles. The van der Waals surface area contributed by atoms with Gasteiger partial charge in [0.05, 0.1) is 46.6 Å². The van der Waals surface area contributed by atoms with E-state index in [9.17, 15) is 14.7 Å². The molecule has 0 bridgehead atoms. The molecule has 0 unspecified atom stereocenters. The highest BCUT2D eigenvalue weighted by Crippen LogP contribution is 2.58. The van der Waals surface area contributed by atoms with Gasteiger partial charge in [-0.25, -0.2) is 4.98 Å². The first-order chi connectivity index (χ1) is 19.3. The fourth-order valence-electron chi connectivity index (χ4n) is 6.33. The highest BCUT2D eigenvalue weighted by atomic mass is 35.5. The Bertz CT molecular complexity index is 1580. The van der Waals surface area contributed by atoms with Crippen LogP contribution in [-0.2, 0) is 4.79 Å². The zero-order chi connectivity index (χ0) is 28.0. The van der Waals surface area contributed by atoms with E-state index in [-0.39, 0.29) is 29.3 Å². The lowest BCUT2D eigenvalue weighted by Crippen LogP contribution is -2.57. The van der Waals surface area contributed by atoms with Gasteiger partial charge in [-0.3, -0.25) is 14.3 Å². The van der Waals surface area contributed by atoms with Gasteiger partial charge in [0.1, 0.15) is 0 Å². The van der Waals surface area contributed by atoms with Gasteiger partial charge in [0.2, 0.25) is 5.88 Å². The van der Waals surface area contributed by atoms with Gasteiger partial charge in [-0.15, -0.1) is 0 Å². The third-order valence-electron chi connectivity index (χ3n) is 8.42. The molecule has 0 aliphatic heterocycles. The highest BCUT2D eigenvalue weighted by Gasteiger charge is 2.55. The van der Waals surface area contributed by atoms with Crippen LogP contribution < -0.4 is 10.1 Å². The summed E-state index contributed by atoms with van der Waals surface area (Å²) in [7, 11) is 0. The zero-order valence-corrected chi connectivity index (χ0v) is 23.2. The van der Waals surface area contributed by atoms with Gasteiger partial charge in [0.25, 0.3) is 5.91 Å². The number of ether oxygens (including phenoxy) is 1. The van der Waals surface area contributed by atoms with Crippen molar-refractivity contribution in [3.63, 3.8) is 0 Å². The molecule has 2 N–H and O–H groups in total. The number of amides is 1. The number of nitrogens with one attached hydrogen (secondary N) is 1. The number of fused-ring (bicyclic) bond motifs is 1. The summed E-state index contributed by atoms with van der Waals surface area (Å²) < 4.78 is 7.39. The van der Waals surface area contributed by atoms with Gasteiger partial charge in [-0.1, -0.05) is 41.9 Å². The van der Waals surface area contributed by atoms with Crippen LogP contribution in [-0.4, -0.2) is 44.4 Å². The maximum Gasteiger partial charge on any atom is 0.306 e. The van der Waals surface area contributed by atoms with Crippen LogP contribution in [0.3, 0.4) is 0 Å². The number of carbonyl (C=O) groups is 2. The summed E-state index contributed by atoms with van der Waals surface area (Å²) in [5, 5.41) is 18.3. The van der Waals surface area contributed by atoms with Crippen LogP contribution >= 0.6 is 11.6 Å². The lowest BCUT2D eigenvalue weighted by Gasteiger charge is -2.56. The SMILES string of the molecule is CCOc1cccc(-c2ccc([C@@H](C)n3ncc4c(Cl)ccc(C(=O)NC5CC6(C5)CC(C(=O)O)C6)c43)cc2)n1. The summed E-state index contributed by atoms with van der Waals surface area (Å²) in [6, 6.07) is 17.2. The van der Waals surface area contributed by atoms with Gasteiger partial charge in [-0.05, 0) is 68.7 Å². The van der Waals surface area contributed by atoms with E-state index in [2.05, 4.69) is 15.4 Å². The second-order valence-corrected chi connectivity index (χ2v) is 11.5. The Kier molecular flexibility index (Phi) is 6.74. The molecule has 2 aromatic carbocycles. The number of hydrogen-bond acceptors (Lipinski definition) is 5. The van der Waals surface area contributed by atoms with Gasteiger partial charge in [0, 0.05) is 23.1 Å². The third kappa shape index (κ3) is 4.70. The van der Waals surface area contributed by atoms with E-state index in [1.54, 1.807) is 18.3 Å². The number of aromatic nitrogens is 3. The first kappa shape index (κ1) is 26.3. The van der Waals surface area contributed by atoms with E-state index in [0.29, 0.717) is 41.4 Å². The first-order valence-electron chi connectivity index (χ1n) is 13.7. The molecule has 1 atom stereocenters. The standard InChI is InChI=1S/C31H31ClN4O4/c1-3-40-27-6-4-5-26(35-27)20-9-7-19(8-10-20)18(2)36-28-23(11-12-25(32)24(28)17-33-36)29(37)34-22-15-31(16-22)13-21(14-31)30(38)39/h4-12,17-18,21-22H,3,13-16H2,1-2H3,(H,34,37)(H,38,39)/t18-,21?,22?,31?/m1/s1. The number of halogens is 1. The molecule has 1 spiro atoms. The Labute approximate surface area is 237 Å². The predicted octanol–water partition coefficient (Wildman–Crippen LogP) is 6.13. The highest BCUT2D eigenvalue weighted by molar-refractivity contribution is 6.36. The third-order valence-corrected chi connectivity index (χ3v) is 8.75. The van der Waals surface area contributed by atoms with Crippen LogP contribution in [0.15, 0.2) is 60.8 Å². The minimum atomic E-state index is -0.717. The number of rotatable bonds is 8. The molecule has 6 rings (SSSR count). The van der Waals surface area contributed by atoms with Gasteiger partial charge in [0.15, 0.2) is 0 Å². The molecular weight excluding hydrogens is 528 g/mol. The largest absolute Gasteiger partial charge is 0.481 e. The molecule has 0 radical (unpaired) electrons. The van der Waals surface area contributed by atoms with Crippen molar-refractivity contribution < 1.29 is 19.4 Å². The number of aliphatic carboxylic acids is 1.